The minimum Gasteiger partial charge on any atom is -0.469 e. The van der Waals surface area contributed by atoms with E-state index in [1.807, 2.05) is 0 Å². The van der Waals surface area contributed by atoms with Crippen molar-refractivity contribution in [2.24, 2.45) is 0 Å². The van der Waals surface area contributed by atoms with Crippen molar-refractivity contribution in [3.63, 3.8) is 0 Å². The Labute approximate surface area is 83.1 Å². The van der Waals surface area contributed by atoms with Crippen LogP contribution < -0.4 is 0 Å². The molecule has 0 saturated carbocycles. The summed E-state index contributed by atoms with van der Waals surface area (Å²) in [6, 6.07) is 1.20. The summed E-state index contributed by atoms with van der Waals surface area (Å²) in [7, 11) is 1.28. The van der Waals surface area contributed by atoms with Gasteiger partial charge < -0.3 is 4.74 Å². The van der Waals surface area contributed by atoms with Gasteiger partial charge in [-0.05, 0) is 22.0 Å². The molecule has 1 heterocycles. The molecule has 1 aromatic heterocycles. The quantitative estimate of drug-likeness (QED) is 0.747. The molecule has 1 rings (SSSR count). The van der Waals surface area contributed by atoms with Crippen LogP contribution in [0.2, 0.25) is 0 Å². The van der Waals surface area contributed by atoms with Gasteiger partial charge in [0.1, 0.15) is 5.82 Å². The zero-order chi connectivity index (χ0) is 9.84. The van der Waals surface area contributed by atoms with Gasteiger partial charge in [0.2, 0.25) is 0 Å². The van der Waals surface area contributed by atoms with E-state index in [0.717, 1.165) is 0 Å². The van der Waals surface area contributed by atoms with E-state index in [4.69, 9.17) is 0 Å². The molecule has 0 atom stereocenters. The van der Waals surface area contributed by atoms with E-state index in [1.165, 1.54) is 19.4 Å². The Morgan fingerprint density at radius 2 is 2.46 bits per heavy atom. The number of ether oxygens (including phenoxy) is 1. The highest BCUT2D eigenvalue weighted by Crippen LogP contribution is 2.14. The Balaban J connectivity index is 2.79. The van der Waals surface area contributed by atoms with Crippen LogP contribution in [0.15, 0.2) is 16.7 Å². The largest absolute Gasteiger partial charge is 0.469 e. The van der Waals surface area contributed by atoms with Crippen molar-refractivity contribution in [3.05, 3.63) is 28.2 Å². The molecule has 0 N–H and O–H groups in total. The number of carbonyl (C=O) groups is 1. The number of aromatic nitrogens is 1. The maximum absolute atomic E-state index is 12.9. The predicted molar refractivity (Wildman–Crippen MR) is 47.6 cm³/mol. The van der Waals surface area contributed by atoms with Crippen LogP contribution in [0.25, 0.3) is 0 Å². The number of hydrogen-bond acceptors (Lipinski definition) is 3. The third-order valence-electron chi connectivity index (χ3n) is 1.42. The number of halogens is 2. The summed E-state index contributed by atoms with van der Waals surface area (Å²) in [5, 5.41) is 0. The minimum absolute atomic E-state index is 0.0132. The molecule has 0 spiro atoms. The van der Waals surface area contributed by atoms with Crippen molar-refractivity contribution in [1.82, 2.24) is 4.98 Å². The van der Waals surface area contributed by atoms with Crippen LogP contribution in [0.1, 0.15) is 5.69 Å². The summed E-state index contributed by atoms with van der Waals surface area (Å²) < 4.78 is 17.6. The first-order valence-electron chi connectivity index (χ1n) is 3.50. The summed E-state index contributed by atoms with van der Waals surface area (Å²) >= 11 is 2.96. The highest BCUT2D eigenvalue weighted by atomic mass is 79.9. The van der Waals surface area contributed by atoms with Gasteiger partial charge >= 0.3 is 5.97 Å². The second-order valence-electron chi connectivity index (χ2n) is 2.34. The molecule has 3 nitrogen and oxygen atoms in total. The average molecular weight is 248 g/mol. The normalized spacial score (nSPS) is 9.77. The molecule has 0 aliphatic rings. The standard InChI is InChI=1S/C8H7BrFNO2/c1-13-8(12)3-5-2-7(10)6(9)4-11-5/h2,4H,3H2,1H3. The van der Waals surface area contributed by atoms with Crippen molar-refractivity contribution < 1.29 is 13.9 Å². The molecule has 0 aliphatic heterocycles. The first-order valence-corrected chi connectivity index (χ1v) is 4.29. The molecule has 1 aromatic rings. The van der Waals surface area contributed by atoms with Gasteiger partial charge in [-0.15, -0.1) is 0 Å². The van der Waals surface area contributed by atoms with Crippen molar-refractivity contribution in [2.75, 3.05) is 7.11 Å². The molecule has 0 aliphatic carbocycles. The first kappa shape index (κ1) is 10.1. The number of carbonyl (C=O) groups excluding carboxylic acids is 1. The SMILES string of the molecule is COC(=O)Cc1cc(F)c(Br)cn1. The lowest BCUT2D eigenvalue weighted by atomic mass is 10.3. The Hall–Kier alpha value is -0.970. The van der Waals surface area contributed by atoms with Crippen LogP contribution in [-0.2, 0) is 16.0 Å². The van der Waals surface area contributed by atoms with Crippen molar-refractivity contribution in [1.29, 1.82) is 0 Å². The van der Waals surface area contributed by atoms with Gasteiger partial charge in [-0.3, -0.25) is 9.78 Å². The monoisotopic (exact) mass is 247 g/mol. The Kier molecular flexibility index (Phi) is 3.36. The van der Waals surface area contributed by atoms with Crippen LogP contribution >= 0.6 is 15.9 Å². The van der Waals surface area contributed by atoms with E-state index in [0.29, 0.717) is 5.69 Å². The molecule has 13 heavy (non-hydrogen) atoms. The van der Waals surface area contributed by atoms with Gasteiger partial charge in [0, 0.05) is 6.20 Å². The molecule has 70 valence electrons. The minimum atomic E-state index is -0.436. The van der Waals surface area contributed by atoms with Gasteiger partial charge in [-0.2, -0.15) is 0 Å². The van der Waals surface area contributed by atoms with E-state index in [9.17, 15) is 9.18 Å². The summed E-state index contributed by atoms with van der Waals surface area (Å²) in [4.78, 5) is 14.6. The maximum atomic E-state index is 12.9. The van der Waals surface area contributed by atoms with Gasteiger partial charge in [0.05, 0.1) is 23.7 Å². The van der Waals surface area contributed by atoms with E-state index >= 15 is 0 Å². The van der Waals surface area contributed by atoms with Crippen LogP contribution in [0.3, 0.4) is 0 Å². The second kappa shape index (κ2) is 4.32. The summed E-state index contributed by atoms with van der Waals surface area (Å²) in [5.41, 5.74) is 0.354. The molecule has 0 bridgehead atoms. The van der Waals surface area contributed by atoms with Gasteiger partial charge in [0.15, 0.2) is 0 Å². The summed E-state index contributed by atoms with van der Waals surface area (Å²) in [6.07, 6.45) is 1.30. The Morgan fingerprint density at radius 3 is 3.00 bits per heavy atom. The van der Waals surface area contributed by atoms with Crippen LogP contribution in [0, 0.1) is 5.82 Å². The van der Waals surface area contributed by atoms with E-state index in [2.05, 4.69) is 25.7 Å². The molecular formula is C8H7BrFNO2. The number of pyridine rings is 1. The Bertz CT molecular complexity index is 330. The van der Waals surface area contributed by atoms with E-state index in [-0.39, 0.29) is 10.9 Å². The van der Waals surface area contributed by atoms with Gasteiger partial charge in [0.25, 0.3) is 0 Å². The van der Waals surface area contributed by atoms with E-state index in [1.54, 1.807) is 0 Å². The molecule has 0 unspecified atom stereocenters. The van der Waals surface area contributed by atoms with Crippen LogP contribution in [0.4, 0.5) is 4.39 Å². The lowest BCUT2D eigenvalue weighted by molar-refractivity contribution is -0.139. The van der Waals surface area contributed by atoms with Crippen molar-refractivity contribution in [2.45, 2.75) is 6.42 Å². The molecule has 0 saturated heterocycles. The van der Waals surface area contributed by atoms with E-state index < -0.39 is 11.8 Å². The number of esters is 1. The topological polar surface area (TPSA) is 39.2 Å². The lowest BCUT2D eigenvalue weighted by Crippen LogP contribution is -2.06. The number of hydrogen-bond donors (Lipinski definition) is 0. The smallest absolute Gasteiger partial charge is 0.311 e. The van der Waals surface area contributed by atoms with Crippen molar-refractivity contribution in [3.8, 4) is 0 Å². The molecule has 0 radical (unpaired) electrons. The molecular weight excluding hydrogens is 241 g/mol. The fraction of sp³-hybridized carbons (Fsp3) is 0.250. The second-order valence-corrected chi connectivity index (χ2v) is 3.20. The third kappa shape index (κ3) is 2.77. The fourth-order valence-corrected chi connectivity index (χ4v) is 0.987. The molecule has 5 heteroatoms. The van der Waals surface area contributed by atoms with Crippen molar-refractivity contribution >= 4 is 21.9 Å². The lowest BCUT2D eigenvalue weighted by Gasteiger charge is -1.99. The molecule has 0 amide bonds. The summed E-state index contributed by atoms with van der Waals surface area (Å²) in [6.45, 7) is 0. The van der Waals surface area contributed by atoms with Crippen LogP contribution in [-0.4, -0.2) is 18.1 Å². The number of nitrogens with zero attached hydrogens (tertiary/aromatic N) is 1. The molecule has 0 fully saturated rings. The third-order valence-corrected chi connectivity index (χ3v) is 2.00. The highest BCUT2D eigenvalue weighted by Gasteiger charge is 2.06. The Morgan fingerprint density at radius 1 is 1.77 bits per heavy atom. The zero-order valence-electron chi connectivity index (χ0n) is 6.88. The predicted octanol–water partition coefficient (Wildman–Crippen LogP) is 1.70. The fourth-order valence-electron chi connectivity index (χ4n) is 0.770. The molecule has 0 aromatic carbocycles. The van der Waals surface area contributed by atoms with Crippen LogP contribution in [0.5, 0.6) is 0 Å². The zero-order valence-corrected chi connectivity index (χ0v) is 8.47. The maximum Gasteiger partial charge on any atom is 0.311 e. The van der Waals surface area contributed by atoms with Gasteiger partial charge in [-0.1, -0.05) is 0 Å². The first-order chi connectivity index (χ1) is 6.13. The highest BCUT2D eigenvalue weighted by molar-refractivity contribution is 9.10. The average Bonchev–Trinajstić information content (AvgIpc) is 2.11. The van der Waals surface area contributed by atoms with Gasteiger partial charge in [-0.25, -0.2) is 4.39 Å². The number of rotatable bonds is 2. The summed E-state index contributed by atoms with van der Waals surface area (Å²) in [5.74, 6) is -0.872. The number of methoxy groups -OCH3 is 1.